The number of hydrogen-bond acceptors (Lipinski definition) is 5. The summed E-state index contributed by atoms with van der Waals surface area (Å²) in [6, 6.07) is 11.1. The van der Waals surface area contributed by atoms with Crippen LogP contribution in [0.4, 0.5) is 11.5 Å². The first-order chi connectivity index (χ1) is 8.29. The van der Waals surface area contributed by atoms with E-state index < -0.39 is 5.97 Å². The molecule has 0 spiro atoms. The van der Waals surface area contributed by atoms with E-state index in [1.54, 1.807) is 6.07 Å². The van der Waals surface area contributed by atoms with Gasteiger partial charge in [-0.1, -0.05) is 18.2 Å². The predicted molar refractivity (Wildman–Crippen MR) is 70.3 cm³/mol. The molecule has 1 N–H and O–H groups in total. The molecule has 94 valence electrons. The van der Waals surface area contributed by atoms with Gasteiger partial charge >= 0.3 is 5.97 Å². The molecule has 1 aromatic heterocycles. The van der Waals surface area contributed by atoms with Crippen LogP contribution in [0.5, 0.6) is 0 Å². The van der Waals surface area contributed by atoms with Gasteiger partial charge in [-0.2, -0.15) is 0 Å². The summed E-state index contributed by atoms with van der Waals surface area (Å²) in [4.78, 5) is 19.1. The van der Waals surface area contributed by atoms with Crippen LogP contribution in [0.3, 0.4) is 0 Å². The number of methoxy groups -OCH3 is 1. The van der Waals surface area contributed by atoms with E-state index in [0.29, 0.717) is 5.82 Å². The molecule has 2 aromatic rings. The first kappa shape index (κ1) is 13.9. The molecule has 0 aliphatic rings. The Balaban J connectivity index is 0.00000162. The Hall–Kier alpha value is -2.14. The van der Waals surface area contributed by atoms with Crippen molar-refractivity contribution >= 4 is 29.9 Å². The highest BCUT2D eigenvalue weighted by Gasteiger charge is 2.08. The van der Waals surface area contributed by atoms with Crippen molar-refractivity contribution < 1.29 is 9.53 Å². The van der Waals surface area contributed by atoms with Gasteiger partial charge in [0.25, 0.3) is 0 Å². The average Bonchev–Trinajstić information content (AvgIpc) is 2.39. The molecule has 0 unspecified atom stereocenters. The van der Waals surface area contributed by atoms with Gasteiger partial charge < -0.3 is 10.1 Å². The number of carbonyl (C=O) groups is 1. The Morgan fingerprint density at radius 3 is 2.61 bits per heavy atom. The molecule has 0 aliphatic heterocycles. The van der Waals surface area contributed by atoms with E-state index in [4.69, 9.17) is 0 Å². The summed E-state index contributed by atoms with van der Waals surface area (Å²) in [5.41, 5.74) is 1.11. The zero-order valence-electron chi connectivity index (χ0n) is 9.66. The molecule has 2 rings (SSSR count). The first-order valence-corrected chi connectivity index (χ1v) is 5.02. The van der Waals surface area contributed by atoms with Crippen molar-refractivity contribution in [2.45, 2.75) is 0 Å². The van der Waals surface area contributed by atoms with E-state index in [-0.39, 0.29) is 18.1 Å². The number of rotatable bonds is 3. The Kier molecular flexibility index (Phi) is 5.07. The Bertz CT molecular complexity index is 520. The van der Waals surface area contributed by atoms with E-state index >= 15 is 0 Å². The maximum atomic E-state index is 11.3. The molecule has 5 nitrogen and oxygen atoms in total. The van der Waals surface area contributed by atoms with Gasteiger partial charge in [-0.15, -0.1) is 12.4 Å². The monoisotopic (exact) mass is 265 g/mol. The summed E-state index contributed by atoms with van der Waals surface area (Å²) in [7, 11) is 1.31. The van der Waals surface area contributed by atoms with Gasteiger partial charge in [0.05, 0.1) is 7.11 Å². The summed E-state index contributed by atoms with van der Waals surface area (Å²) >= 11 is 0. The van der Waals surface area contributed by atoms with Gasteiger partial charge in [0, 0.05) is 11.8 Å². The number of nitrogens with one attached hydrogen (secondary N) is 1. The summed E-state index contributed by atoms with van der Waals surface area (Å²) in [5.74, 6) is 0.0649. The lowest BCUT2D eigenvalue weighted by Crippen LogP contribution is -2.05. The number of esters is 1. The van der Waals surface area contributed by atoms with E-state index in [1.165, 1.54) is 13.4 Å². The molecular weight excluding hydrogens is 254 g/mol. The second-order valence-electron chi connectivity index (χ2n) is 3.27. The topological polar surface area (TPSA) is 64.1 Å². The minimum absolute atomic E-state index is 0. The van der Waals surface area contributed by atoms with Crippen LogP contribution in [0, 0.1) is 0 Å². The summed E-state index contributed by atoms with van der Waals surface area (Å²) in [6.07, 6.45) is 1.32. The minimum Gasteiger partial charge on any atom is -0.464 e. The van der Waals surface area contributed by atoms with Crippen LogP contribution in [0.2, 0.25) is 0 Å². The summed E-state index contributed by atoms with van der Waals surface area (Å²) in [6.45, 7) is 0. The van der Waals surface area contributed by atoms with Gasteiger partial charge in [0.2, 0.25) is 0 Å². The van der Waals surface area contributed by atoms with Crippen LogP contribution >= 0.6 is 12.4 Å². The fraction of sp³-hybridized carbons (Fsp3) is 0.0833. The number of carbonyl (C=O) groups excluding carboxylic acids is 1. The van der Waals surface area contributed by atoms with Crippen molar-refractivity contribution in [1.82, 2.24) is 9.97 Å². The molecule has 0 fully saturated rings. The van der Waals surface area contributed by atoms with E-state index in [9.17, 15) is 4.79 Å². The number of nitrogens with zero attached hydrogens (tertiary/aromatic N) is 2. The standard InChI is InChI=1S/C12H11N3O2.ClH/c1-17-12(16)10-7-11(14-8-13-10)15-9-5-3-2-4-6-9;/h2-8H,1H3,(H,13,14,15);1H. The van der Waals surface area contributed by atoms with Gasteiger partial charge in [0.15, 0.2) is 5.69 Å². The highest BCUT2D eigenvalue weighted by atomic mass is 35.5. The Labute approximate surface area is 111 Å². The molecule has 0 aliphatic carbocycles. The highest BCUT2D eigenvalue weighted by molar-refractivity contribution is 5.88. The summed E-state index contributed by atoms with van der Waals surface area (Å²) in [5, 5.41) is 3.06. The third-order valence-corrected chi connectivity index (χ3v) is 2.11. The second kappa shape index (κ2) is 6.56. The van der Waals surface area contributed by atoms with Crippen LogP contribution in [0.1, 0.15) is 10.5 Å². The number of ether oxygens (including phenoxy) is 1. The molecular formula is C12H12ClN3O2. The van der Waals surface area contributed by atoms with Crippen LogP contribution in [0.25, 0.3) is 0 Å². The van der Waals surface area contributed by atoms with Gasteiger partial charge in [0.1, 0.15) is 12.1 Å². The second-order valence-corrected chi connectivity index (χ2v) is 3.27. The molecule has 0 bridgehead atoms. The zero-order valence-corrected chi connectivity index (χ0v) is 10.5. The lowest BCUT2D eigenvalue weighted by atomic mass is 10.3. The van der Waals surface area contributed by atoms with E-state index in [2.05, 4.69) is 20.0 Å². The number of aromatic nitrogens is 2. The molecule has 0 radical (unpaired) electrons. The molecule has 0 atom stereocenters. The number of hydrogen-bond donors (Lipinski definition) is 1. The molecule has 0 saturated heterocycles. The predicted octanol–water partition coefficient (Wildman–Crippen LogP) is 2.43. The number of benzene rings is 1. The fourth-order valence-corrected chi connectivity index (χ4v) is 1.31. The molecule has 6 heteroatoms. The van der Waals surface area contributed by atoms with Crippen LogP contribution in [0.15, 0.2) is 42.7 Å². The minimum atomic E-state index is -0.483. The Morgan fingerprint density at radius 1 is 1.22 bits per heavy atom. The van der Waals surface area contributed by atoms with Gasteiger partial charge in [-0.05, 0) is 12.1 Å². The summed E-state index contributed by atoms with van der Waals surface area (Å²) < 4.78 is 4.58. The number of halogens is 1. The van der Waals surface area contributed by atoms with Gasteiger partial charge in [-0.25, -0.2) is 14.8 Å². The lowest BCUT2D eigenvalue weighted by molar-refractivity contribution is 0.0594. The van der Waals surface area contributed by atoms with E-state index in [1.807, 2.05) is 30.3 Å². The van der Waals surface area contributed by atoms with Crippen LogP contribution in [-0.2, 0) is 4.74 Å². The lowest BCUT2D eigenvalue weighted by Gasteiger charge is -2.05. The van der Waals surface area contributed by atoms with Crippen molar-refractivity contribution in [3.05, 3.63) is 48.4 Å². The smallest absolute Gasteiger partial charge is 0.356 e. The Morgan fingerprint density at radius 2 is 1.94 bits per heavy atom. The zero-order chi connectivity index (χ0) is 12.1. The first-order valence-electron chi connectivity index (χ1n) is 5.02. The third kappa shape index (κ3) is 3.43. The maximum Gasteiger partial charge on any atom is 0.356 e. The molecule has 1 heterocycles. The fourth-order valence-electron chi connectivity index (χ4n) is 1.31. The third-order valence-electron chi connectivity index (χ3n) is 2.11. The number of anilines is 2. The van der Waals surface area contributed by atoms with Crippen LogP contribution in [-0.4, -0.2) is 23.0 Å². The molecule has 1 aromatic carbocycles. The molecule has 0 amide bonds. The van der Waals surface area contributed by atoms with Crippen molar-refractivity contribution in [1.29, 1.82) is 0 Å². The van der Waals surface area contributed by atoms with E-state index in [0.717, 1.165) is 5.69 Å². The average molecular weight is 266 g/mol. The quantitative estimate of drug-likeness (QED) is 0.864. The maximum absolute atomic E-state index is 11.3. The van der Waals surface area contributed by atoms with Crippen LogP contribution < -0.4 is 5.32 Å². The van der Waals surface area contributed by atoms with Crippen molar-refractivity contribution in [3.63, 3.8) is 0 Å². The SMILES string of the molecule is COC(=O)c1cc(Nc2ccccc2)ncn1.Cl. The van der Waals surface area contributed by atoms with Crippen molar-refractivity contribution in [3.8, 4) is 0 Å². The highest BCUT2D eigenvalue weighted by Crippen LogP contribution is 2.13. The molecule has 0 saturated carbocycles. The normalized spacial score (nSPS) is 9.17. The van der Waals surface area contributed by atoms with Crippen molar-refractivity contribution in [2.24, 2.45) is 0 Å². The van der Waals surface area contributed by atoms with Crippen molar-refractivity contribution in [2.75, 3.05) is 12.4 Å². The molecule has 18 heavy (non-hydrogen) atoms. The van der Waals surface area contributed by atoms with Gasteiger partial charge in [-0.3, -0.25) is 0 Å². The largest absolute Gasteiger partial charge is 0.464 e. The number of para-hydroxylation sites is 1.